The molecule has 0 amide bonds. The second-order valence-electron chi connectivity index (χ2n) is 3.68. The first kappa shape index (κ1) is 10.5. The third kappa shape index (κ3) is 1.86. The van der Waals surface area contributed by atoms with E-state index in [4.69, 9.17) is 10.5 Å². The minimum Gasteiger partial charge on any atom is -0.496 e. The third-order valence-electron chi connectivity index (χ3n) is 2.59. The van der Waals surface area contributed by atoms with Crippen molar-refractivity contribution in [1.29, 1.82) is 0 Å². The Morgan fingerprint density at radius 2 is 2.12 bits per heavy atom. The highest BCUT2D eigenvalue weighted by Crippen LogP contribution is 2.20. The lowest BCUT2D eigenvalue weighted by atomic mass is 10.2. The Balaban J connectivity index is 2.30. The van der Waals surface area contributed by atoms with E-state index in [-0.39, 0.29) is 0 Å². The predicted octanol–water partition coefficient (Wildman–Crippen LogP) is 1.83. The Morgan fingerprint density at radius 1 is 1.38 bits per heavy atom. The molecule has 1 aromatic carbocycles. The van der Waals surface area contributed by atoms with Gasteiger partial charge in [0.25, 0.3) is 0 Å². The predicted molar refractivity (Wildman–Crippen MR) is 63.5 cm³/mol. The van der Waals surface area contributed by atoms with E-state index in [0.29, 0.717) is 12.4 Å². The SMILES string of the molecule is COc1ccccc1Cn1ncc(C)c1N. The van der Waals surface area contributed by atoms with E-state index in [1.165, 1.54) is 0 Å². The topological polar surface area (TPSA) is 53.1 Å². The summed E-state index contributed by atoms with van der Waals surface area (Å²) in [7, 11) is 1.66. The fourth-order valence-corrected chi connectivity index (χ4v) is 1.61. The van der Waals surface area contributed by atoms with Crippen molar-refractivity contribution in [3.63, 3.8) is 0 Å². The second kappa shape index (κ2) is 4.26. The molecule has 1 aromatic heterocycles. The van der Waals surface area contributed by atoms with Gasteiger partial charge in [0, 0.05) is 11.1 Å². The molecule has 0 aliphatic heterocycles. The van der Waals surface area contributed by atoms with Crippen molar-refractivity contribution in [2.75, 3.05) is 12.8 Å². The average molecular weight is 217 g/mol. The number of hydrogen-bond donors (Lipinski definition) is 1. The molecule has 0 saturated heterocycles. The maximum Gasteiger partial charge on any atom is 0.124 e. The minimum absolute atomic E-state index is 0.629. The van der Waals surface area contributed by atoms with E-state index in [2.05, 4.69) is 5.10 Å². The van der Waals surface area contributed by atoms with Gasteiger partial charge in [-0.2, -0.15) is 5.10 Å². The zero-order valence-electron chi connectivity index (χ0n) is 9.47. The molecule has 2 N–H and O–H groups in total. The maximum atomic E-state index is 5.90. The molecule has 0 spiro atoms. The number of nitrogen functional groups attached to an aromatic ring is 1. The normalized spacial score (nSPS) is 10.4. The van der Waals surface area contributed by atoms with E-state index in [1.807, 2.05) is 31.2 Å². The first-order valence-electron chi connectivity index (χ1n) is 5.12. The number of aromatic nitrogens is 2. The maximum absolute atomic E-state index is 5.90. The molecule has 2 rings (SSSR count). The summed E-state index contributed by atoms with van der Waals surface area (Å²) in [4.78, 5) is 0. The Bertz CT molecular complexity index is 491. The number of para-hydroxylation sites is 1. The monoisotopic (exact) mass is 217 g/mol. The van der Waals surface area contributed by atoms with Crippen LogP contribution in [0, 0.1) is 6.92 Å². The molecule has 0 atom stereocenters. The number of rotatable bonds is 3. The van der Waals surface area contributed by atoms with Gasteiger partial charge in [0.2, 0.25) is 0 Å². The van der Waals surface area contributed by atoms with Gasteiger partial charge in [-0.1, -0.05) is 18.2 Å². The van der Waals surface area contributed by atoms with Crippen molar-refractivity contribution in [2.24, 2.45) is 0 Å². The van der Waals surface area contributed by atoms with Crippen molar-refractivity contribution < 1.29 is 4.74 Å². The molecular formula is C12H15N3O. The molecule has 2 aromatic rings. The van der Waals surface area contributed by atoms with Gasteiger partial charge in [0.05, 0.1) is 19.9 Å². The Kier molecular flexibility index (Phi) is 2.81. The number of hydrogen-bond acceptors (Lipinski definition) is 3. The van der Waals surface area contributed by atoms with Crippen LogP contribution < -0.4 is 10.5 Å². The molecule has 0 radical (unpaired) electrons. The number of nitrogens with two attached hydrogens (primary N) is 1. The molecule has 4 nitrogen and oxygen atoms in total. The van der Waals surface area contributed by atoms with Crippen LogP contribution >= 0.6 is 0 Å². The standard InChI is InChI=1S/C12H15N3O/c1-9-7-14-15(12(9)13)8-10-5-3-4-6-11(10)16-2/h3-7H,8,13H2,1-2H3. The van der Waals surface area contributed by atoms with Crippen LogP contribution in [0.5, 0.6) is 5.75 Å². The van der Waals surface area contributed by atoms with Crippen molar-refractivity contribution in [2.45, 2.75) is 13.5 Å². The highest BCUT2D eigenvalue weighted by Gasteiger charge is 2.07. The number of anilines is 1. The molecule has 0 bridgehead atoms. The van der Waals surface area contributed by atoms with Crippen LogP contribution in [-0.4, -0.2) is 16.9 Å². The van der Waals surface area contributed by atoms with Gasteiger partial charge in [0.15, 0.2) is 0 Å². The summed E-state index contributed by atoms with van der Waals surface area (Å²) in [6.45, 7) is 2.57. The molecule has 84 valence electrons. The summed E-state index contributed by atoms with van der Waals surface area (Å²) in [5, 5.41) is 4.22. The molecule has 1 heterocycles. The fourth-order valence-electron chi connectivity index (χ4n) is 1.61. The van der Waals surface area contributed by atoms with Crippen LogP contribution in [0.2, 0.25) is 0 Å². The van der Waals surface area contributed by atoms with E-state index in [9.17, 15) is 0 Å². The largest absolute Gasteiger partial charge is 0.496 e. The molecule has 0 unspecified atom stereocenters. The average Bonchev–Trinajstić information content (AvgIpc) is 2.62. The lowest BCUT2D eigenvalue weighted by Crippen LogP contribution is -2.07. The van der Waals surface area contributed by atoms with Gasteiger partial charge in [-0.15, -0.1) is 0 Å². The highest BCUT2D eigenvalue weighted by molar-refractivity contribution is 5.39. The minimum atomic E-state index is 0.629. The number of methoxy groups -OCH3 is 1. The zero-order chi connectivity index (χ0) is 11.5. The summed E-state index contributed by atoms with van der Waals surface area (Å²) < 4.78 is 7.05. The zero-order valence-corrected chi connectivity index (χ0v) is 9.47. The first-order chi connectivity index (χ1) is 7.72. The first-order valence-corrected chi connectivity index (χ1v) is 5.12. The summed E-state index contributed by atoms with van der Waals surface area (Å²) in [5.74, 6) is 1.56. The van der Waals surface area contributed by atoms with Crippen LogP contribution in [0.15, 0.2) is 30.5 Å². The summed E-state index contributed by atoms with van der Waals surface area (Å²) in [6, 6.07) is 7.86. The number of nitrogens with zero attached hydrogens (tertiary/aromatic N) is 2. The third-order valence-corrected chi connectivity index (χ3v) is 2.59. The summed E-state index contributed by atoms with van der Waals surface area (Å²) >= 11 is 0. The quantitative estimate of drug-likeness (QED) is 0.853. The molecular weight excluding hydrogens is 202 g/mol. The smallest absolute Gasteiger partial charge is 0.124 e. The van der Waals surface area contributed by atoms with Crippen LogP contribution in [0.25, 0.3) is 0 Å². The Hall–Kier alpha value is -1.97. The van der Waals surface area contributed by atoms with Crippen LogP contribution in [0.1, 0.15) is 11.1 Å². The van der Waals surface area contributed by atoms with Gasteiger partial charge >= 0.3 is 0 Å². The van der Waals surface area contributed by atoms with Gasteiger partial charge in [-0.25, -0.2) is 4.68 Å². The number of benzene rings is 1. The van der Waals surface area contributed by atoms with Crippen LogP contribution in [0.3, 0.4) is 0 Å². The van der Waals surface area contributed by atoms with Gasteiger partial charge in [0.1, 0.15) is 11.6 Å². The fraction of sp³-hybridized carbons (Fsp3) is 0.250. The molecule has 0 saturated carbocycles. The summed E-state index contributed by atoms with van der Waals surface area (Å²) in [6.07, 6.45) is 1.77. The molecule has 4 heteroatoms. The molecule has 0 aliphatic rings. The van der Waals surface area contributed by atoms with E-state index < -0.39 is 0 Å². The number of aryl methyl sites for hydroxylation is 1. The van der Waals surface area contributed by atoms with Crippen molar-refractivity contribution in [1.82, 2.24) is 9.78 Å². The lowest BCUT2D eigenvalue weighted by molar-refractivity contribution is 0.407. The van der Waals surface area contributed by atoms with Crippen molar-refractivity contribution in [3.05, 3.63) is 41.6 Å². The molecule has 0 aliphatic carbocycles. The van der Waals surface area contributed by atoms with E-state index in [1.54, 1.807) is 18.0 Å². The lowest BCUT2D eigenvalue weighted by Gasteiger charge is -2.09. The molecule has 16 heavy (non-hydrogen) atoms. The number of ether oxygens (including phenoxy) is 1. The molecule has 0 fully saturated rings. The van der Waals surface area contributed by atoms with Crippen molar-refractivity contribution >= 4 is 5.82 Å². The second-order valence-corrected chi connectivity index (χ2v) is 3.68. The van der Waals surface area contributed by atoms with Gasteiger partial charge in [-0.05, 0) is 13.0 Å². The van der Waals surface area contributed by atoms with Crippen LogP contribution in [-0.2, 0) is 6.54 Å². The van der Waals surface area contributed by atoms with Crippen LogP contribution in [0.4, 0.5) is 5.82 Å². The Morgan fingerprint density at radius 3 is 2.75 bits per heavy atom. The van der Waals surface area contributed by atoms with E-state index >= 15 is 0 Å². The highest BCUT2D eigenvalue weighted by atomic mass is 16.5. The van der Waals surface area contributed by atoms with E-state index in [0.717, 1.165) is 16.9 Å². The van der Waals surface area contributed by atoms with Gasteiger partial charge < -0.3 is 10.5 Å². The Labute approximate surface area is 94.6 Å². The van der Waals surface area contributed by atoms with Gasteiger partial charge in [-0.3, -0.25) is 0 Å². The van der Waals surface area contributed by atoms with Crippen molar-refractivity contribution in [3.8, 4) is 5.75 Å². The summed E-state index contributed by atoms with van der Waals surface area (Å²) in [5.41, 5.74) is 7.97.